The first kappa shape index (κ1) is 22.8. The lowest BCUT2D eigenvalue weighted by atomic mass is 9.99. The van der Waals surface area contributed by atoms with Crippen LogP contribution < -0.4 is 10.2 Å². The third-order valence-corrected chi connectivity index (χ3v) is 8.64. The molecule has 6 heteroatoms. The highest BCUT2D eigenvalue weighted by atomic mass is 32.1. The Morgan fingerprint density at radius 1 is 0.882 bits per heavy atom. The van der Waals surface area contributed by atoms with E-state index in [2.05, 4.69) is 76.8 Å². The second-order valence-electron chi connectivity index (χ2n) is 8.62. The molecule has 1 aliphatic heterocycles. The van der Waals surface area contributed by atoms with E-state index in [1.54, 1.807) is 22.7 Å². The van der Waals surface area contributed by atoms with Crippen molar-refractivity contribution in [3.63, 3.8) is 0 Å². The van der Waals surface area contributed by atoms with E-state index in [9.17, 15) is 4.79 Å². The molecule has 1 atom stereocenters. The first-order valence-corrected chi connectivity index (χ1v) is 13.3. The Hall–Kier alpha value is -2.93. The standard InChI is InChI=1S/C28H29N3OS2/c1-20-21(2)34-28(29-27(32)22-10-5-3-6-11-22)25(20)26(24-14-9-19-33-24)31-17-15-30(16-18-31)23-12-7-4-8-13-23/h3-14,19,26H,15-18H2,1-2H3,(H,29,32)/t26-/m0/s1. The molecule has 1 saturated heterocycles. The van der Waals surface area contributed by atoms with E-state index >= 15 is 0 Å². The highest BCUT2D eigenvalue weighted by Gasteiger charge is 2.32. The van der Waals surface area contributed by atoms with Gasteiger partial charge >= 0.3 is 0 Å². The van der Waals surface area contributed by atoms with Gasteiger partial charge in [-0.2, -0.15) is 0 Å². The highest BCUT2D eigenvalue weighted by Crippen LogP contribution is 2.44. The zero-order valence-corrected chi connectivity index (χ0v) is 21.2. The monoisotopic (exact) mass is 487 g/mol. The molecule has 1 fully saturated rings. The van der Waals surface area contributed by atoms with Crippen LogP contribution in [0.15, 0.2) is 78.2 Å². The summed E-state index contributed by atoms with van der Waals surface area (Å²) in [6.45, 7) is 8.26. The van der Waals surface area contributed by atoms with Gasteiger partial charge in [0.05, 0.1) is 6.04 Å². The number of amides is 1. The Bertz CT molecular complexity index is 1230. The molecule has 174 valence electrons. The van der Waals surface area contributed by atoms with Crippen molar-refractivity contribution >= 4 is 39.3 Å². The van der Waals surface area contributed by atoms with Gasteiger partial charge in [0.25, 0.3) is 5.91 Å². The van der Waals surface area contributed by atoms with E-state index in [4.69, 9.17) is 0 Å². The molecular formula is C28H29N3OS2. The van der Waals surface area contributed by atoms with Crippen LogP contribution in [-0.2, 0) is 0 Å². The first-order chi connectivity index (χ1) is 16.6. The SMILES string of the molecule is Cc1sc(NC(=O)c2ccccc2)c([C@H](c2cccs2)N2CCN(c3ccccc3)CC2)c1C. The number of hydrogen-bond donors (Lipinski definition) is 1. The third-order valence-electron chi connectivity index (χ3n) is 6.58. The van der Waals surface area contributed by atoms with Crippen molar-refractivity contribution < 1.29 is 4.79 Å². The fourth-order valence-corrected chi connectivity index (χ4v) is 6.62. The topological polar surface area (TPSA) is 35.6 Å². The lowest BCUT2D eigenvalue weighted by Crippen LogP contribution is -2.48. The van der Waals surface area contributed by atoms with E-state index in [0.717, 1.165) is 31.2 Å². The number of nitrogens with zero attached hydrogens (tertiary/aromatic N) is 2. The summed E-state index contributed by atoms with van der Waals surface area (Å²) in [7, 11) is 0. The first-order valence-electron chi connectivity index (χ1n) is 11.7. The summed E-state index contributed by atoms with van der Waals surface area (Å²) in [5, 5.41) is 6.37. The number of rotatable bonds is 6. The average molecular weight is 488 g/mol. The summed E-state index contributed by atoms with van der Waals surface area (Å²) >= 11 is 3.48. The molecule has 1 amide bonds. The molecule has 0 unspecified atom stereocenters. The van der Waals surface area contributed by atoms with Gasteiger partial charge in [-0.3, -0.25) is 9.69 Å². The number of hydrogen-bond acceptors (Lipinski definition) is 5. The van der Waals surface area contributed by atoms with Crippen molar-refractivity contribution in [3.8, 4) is 0 Å². The number of benzene rings is 2. The van der Waals surface area contributed by atoms with E-state index in [1.807, 2.05) is 30.3 Å². The fourth-order valence-electron chi connectivity index (χ4n) is 4.66. The van der Waals surface area contributed by atoms with Crippen molar-refractivity contribution in [2.75, 3.05) is 36.4 Å². The van der Waals surface area contributed by atoms with Gasteiger partial charge in [0.2, 0.25) is 0 Å². The molecule has 0 aliphatic carbocycles. The van der Waals surface area contributed by atoms with Crippen LogP contribution >= 0.6 is 22.7 Å². The van der Waals surface area contributed by atoms with E-state index in [0.29, 0.717) is 5.56 Å². The molecule has 1 aliphatic rings. The van der Waals surface area contributed by atoms with Gasteiger partial charge in [0.15, 0.2) is 0 Å². The maximum Gasteiger partial charge on any atom is 0.256 e. The molecule has 34 heavy (non-hydrogen) atoms. The second kappa shape index (κ2) is 10.1. The summed E-state index contributed by atoms with van der Waals surface area (Å²) in [4.78, 5) is 20.7. The van der Waals surface area contributed by atoms with Crippen molar-refractivity contribution in [1.82, 2.24) is 4.90 Å². The Morgan fingerprint density at radius 3 is 2.21 bits per heavy atom. The number of carbonyl (C=O) groups excluding carboxylic acids is 1. The van der Waals surface area contributed by atoms with Gasteiger partial charge in [-0.1, -0.05) is 42.5 Å². The normalized spacial score (nSPS) is 15.3. The minimum absolute atomic E-state index is 0.0538. The Morgan fingerprint density at radius 2 is 1.56 bits per heavy atom. The Labute approximate surface area is 209 Å². The van der Waals surface area contributed by atoms with Gasteiger partial charge in [0, 0.05) is 52.7 Å². The summed E-state index contributed by atoms with van der Waals surface area (Å²) in [6.07, 6.45) is 0. The van der Waals surface area contributed by atoms with Gasteiger partial charge in [-0.25, -0.2) is 0 Å². The van der Waals surface area contributed by atoms with Gasteiger partial charge in [-0.05, 0) is 55.1 Å². The summed E-state index contributed by atoms with van der Waals surface area (Å²) < 4.78 is 0. The predicted molar refractivity (Wildman–Crippen MR) is 145 cm³/mol. The van der Waals surface area contributed by atoms with Crippen LogP contribution in [0.5, 0.6) is 0 Å². The molecule has 4 aromatic rings. The molecule has 2 aromatic heterocycles. The summed E-state index contributed by atoms with van der Waals surface area (Å²) in [5.74, 6) is -0.0538. The minimum atomic E-state index is -0.0538. The quantitative estimate of drug-likeness (QED) is 0.333. The molecule has 0 spiro atoms. The molecule has 0 radical (unpaired) electrons. The highest BCUT2D eigenvalue weighted by molar-refractivity contribution is 7.16. The van der Waals surface area contributed by atoms with Crippen LogP contribution in [0.25, 0.3) is 0 Å². The molecule has 3 heterocycles. The van der Waals surface area contributed by atoms with Crippen molar-refractivity contribution in [2.45, 2.75) is 19.9 Å². The van der Waals surface area contributed by atoms with E-state index in [-0.39, 0.29) is 11.9 Å². The fraction of sp³-hybridized carbons (Fsp3) is 0.250. The molecule has 1 N–H and O–H groups in total. The lowest BCUT2D eigenvalue weighted by molar-refractivity contribution is 0.102. The molecule has 0 saturated carbocycles. The maximum atomic E-state index is 13.1. The van der Waals surface area contributed by atoms with Crippen LogP contribution in [-0.4, -0.2) is 37.0 Å². The molecular weight excluding hydrogens is 458 g/mol. The van der Waals surface area contributed by atoms with Gasteiger partial charge in [0.1, 0.15) is 5.00 Å². The number of carbonyl (C=O) groups is 1. The maximum absolute atomic E-state index is 13.1. The Kier molecular flexibility index (Phi) is 6.81. The van der Waals surface area contributed by atoms with Crippen LogP contribution in [0.4, 0.5) is 10.7 Å². The zero-order valence-electron chi connectivity index (χ0n) is 19.5. The molecule has 4 nitrogen and oxygen atoms in total. The van der Waals surface area contributed by atoms with Crippen LogP contribution in [0.2, 0.25) is 0 Å². The number of nitrogens with one attached hydrogen (secondary N) is 1. The largest absolute Gasteiger partial charge is 0.369 e. The van der Waals surface area contributed by atoms with Crippen molar-refractivity contribution in [3.05, 3.63) is 105 Å². The molecule has 5 rings (SSSR count). The molecule has 2 aromatic carbocycles. The Balaban J connectivity index is 1.45. The number of aryl methyl sites for hydroxylation is 1. The lowest BCUT2D eigenvalue weighted by Gasteiger charge is -2.40. The zero-order chi connectivity index (χ0) is 23.5. The number of anilines is 2. The van der Waals surface area contributed by atoms with Crippen molar-refractivity contribution in [1.29, 1.82) is 0 Å². The van der Waals surface area contributed by atoms with Gasteiger partial charge in [-0.15, -0.1) is 22.7 Å². The van der Waals surface area contributed by atoms with E-state index < -0.39 is 0 Å². The number of para-hydroxylation sites is 1. The van der Waals surface area contributed by atoms with Crippen LogP contribution in [0, 0.1) is 13.8 Å². The number of piperazine rings is 1. The van der Waals surface area contributed by atoms with Crippen LogP contribution in [0.1, 0.15) is 37.3 Å². The third kappa shape index (κ3) is 4.67. The average Bonchev–Trinajstić information content (AvgIpc) is 3.50. The van der Waals surface area contributed by atoms with E-state index in [1.165, 1.54) is 26.6 Å². The number of thiophene rings is 2. The summed E-state index contributed by atoms with van der Waals surface area (Å²) in [5.41, 5.74) is 4.48. The minimum Gasteiger partial charge on any atom is -0.369 e. The predicted octanol–water partition coefficient (Wildman–Crippen LogP) is 6.59. The summed E-state index contributed by atoms with van der Waals surface area (Å²) in [6, 6.07) is 24.6. The second-order valence-corrected chi connectivity index (χ2v) is 10.8. The smallest absolute Gasteiger partial charge is 0.256 e. The van der Waals surface area contributed by atoms with Crippen molar-refractivity contribution in [2.24, 2.45) is 0 Å². The molecule has 0 bridgehead atoms. The van der Waals surface area contributed by atoms with Crippen LogP contribution in [0.3, 0.4) is 0 Å². The van der Waals surface area contributed by atoms with Gasteiger partial charge < -0.3 is 10.2 Å².